The minimum atomic E-state index is -4.41. The van der Waals surface area contributed by atoms with Crippen molar-refractivity contribution < 1.29 is 96.3 Å². The Labute approximate surface area is 772 Å². The van der Waals surface area contributed by atoms with Crippen LogP contribution in [-0.2, 0) is 61.8 Å². The van der Waals surface area contributed by atoms with Gasteiger partial charge in [0.1, 0.15) is 58.1 Å². The van der Waals surface area contributed by atoms with Gasteiger partial charge >= 0.3 is 12.1 Å². The number of benzene rings is 7. The van der Waals surface area contributed by atoms with Crippen molar-refractivity contribution in [3.05, 3.63) is 312 Å². The standard InChI is InChI=1S/C22H18F2N4.C15H14F3N4.C14H12F2N4.C12H10F2N2O.C10H8F2N2.C10H7F2N.C4H9NO.C4H8O2.CH3I.CH4.Ir/c1-12-7-13(2)21(14(3)8-12)28-11-20(17-6-5-16(23)10-18(17)24)25-22(28)19-9-15(4)26-27-19;1-19-3-5-21(10-19)13-7-12(15(16,17)18)8-14(9-13)22-6-4-20(2)11-22;1-8-5-12(19-18-8)14-17-13(7-20(14)2)10-4-3-9(15)6-11(10)16;1-7(17)12-15-11(6-16(12)2)9-4-3-8(13)5-10(9)14;1-14-5-10(13-6-14)8-3-2-7(11)4-9(8)12;11-7-3-4-8(9(12)6-7)10-2-1-5-13-10;1-4(6)5(2)3;1-3-6-4(2)5;1-2;;/h5,7-11H,1-4H3;3-8,10-11H,1-2H3;3-7H,1-2H3,(H,18,19);3-6H,1-2H3;2-6H,1H3;2-6H,1H2;1-3H3;3H2,1-2H3;1H3;1H4;/q-2;-3;;;;;;;;;. The smallest absolute Gasteiger partial charge is 0.394 e. The summed E-state index contributed by atoms with van der Waals surface area (Å²) in [4.78, 5) is 62.2. The van der Waals surface area contributed by atoms with Crippen LogP contribution in [0.25, 0.3) is 79.5 Å². The Kier molecular flexibility index (Phi) is 39.4. The van der Waals surface area contributed by atoms with Crippen LogP contribution in [-0.4, -0.2) is 132 Å². The first kappa shape index (κ1) is 106. The summed E-state index contributed by atoms with van der Waals surface area (Å²) in [6, 6.07) is 31.3. The topological polar surface area (TPSA) is 216 Å². The van der Waals surface area contributed by atoms with Gasteiger partial charge in [-0.05, 0) is 157 Å². The number of hydrogen-bond acceptors (Lipinski definition) is 15. The second kappa shape index (κ2) is 48.4. The van der Waals surface area contributed by atoms with Gasteiger partial charge in [0.15, 0.2) is 17.4 Å². The number of H-pyrrole nitrogens is 1. The molecular formula is C93H93F13IIrN18O4-5. The van der Waals surface area contributed by atoms with E-state index in [0.29, 0.717) is 87.0 Å². The summed E-state index contributed by atoms with van der Waals surface area (Å²) < 4.78 is 183. The number of carbonyl (C=O) groups is 3. The van der Waals surface area contributed by atoms with E-state index >= 15 is 0 Å². The van der Waals surface area contributed by atoms with E-state index in [-0.39, 0.29) is 67.7 Å². The van der Waals surface area contributed by atoms with Crippen molar-refractivity contribution in [2.75, 3.05) is 49.5 Å². The largest absolute Gasteiger partial charge is 0.572 e. The number of ketones is 1. The zero-order valence-electron chi connectivity index (χ0n) is 72.8. The number of aromatic nitrogens is 12. The molecule has 0 saturated heterocycles. The Morgan fingerprint density at radius 3 is 1.45 bits per heavy atom. The van der Waals surface area contributed by atoms with Gasteiger partial charge in [-0.2, -0.15) is 31.6 Å². The number of Topliss-reactive ketones (excluding diaryl/α,β-unsaturated/α-hetero) is 1. The molecule has 0 unspecified atom stereocenters. The van der Waals surface area contributed by atoms with E-state index in [0.717, 1.165) is 88.4 Å². The number of aryl methyl sites for hydroxylation is 8. The summed E-state index contributed by atoms with van der Waals surface area (Å²) in [6.45, 7) is 19.8. The Balaban J connectivity index is 0.000000236. The monoisotopic (exact) mass is 2090 g/mol. The van der Waals surface area contributed by atoms with Crippen LogP contribution < -0.4 is 14.9 Å². The normalized spacial score (nSPS) is 11.9. The van der Waals surface area contributed by atoms with E-state index in [1.165, 1.54) is 78.9 Å². The summed E-state index contributed by atoms with van der Waals surface area (Å²) in [5.41, 5.74) is 10.6. The maximum Gasteiger partial charge on any atom is 0.394 e. The number of rotatable bonds is 12. The SMILES string of the molecule is C.CC(=O)N(C)C.CC(=O)c1nc(-c2ccc(F)cc2F)cn1C.CCOC(C)=O.CI.CN1C=CN(c2[c-]c(N3C=CN(C)[CH-]3)cc(C(F)(F)F)c2)[CH-]1.Cc1cc(-c2nc(-c3ccc(F)cc3F)cn2C)n[nH]1.Cc1cc(C)c(-n2cc(-c3[c-]cc(F)cc3F)nc2-c2cc(C)n[n-]2)c(C)c1.Cn1cnc(-c2ccc(F)cc2F)c1.Fc1ccc(C2=CCC=N2)c(F)c1.[Ir]. The molecule has 6 aromatic heterocycles. The molecule has 22 nitrogen and oxygen atoms in total. The van der Waals surface area contributed by atoms with Crippen molar-refractivity contribution in [3.8, 4) is 73.8 Å². The minimum absolute atomic E-state index is 0. The van der Waals surface area contributed by atoms with Gasteiger partial charge < -0.3 is 57.7 Å². The van der Waals surface area contributed by atoms with Gasteiger partial charge in [0.2, 0.25) is 5.91 Å². The number of nitrogens with one attached hydrogen (secondary N) is 1. The minimum Gasteiger partial charge on any atom is -0.572 e. The maximum absolute atomic E-state index is 14.3. The molecule has 691 valence electrons. The van der Waals surface area contributed by atoms with E-state index in [2.05, 4.69) is 96.9 Å². The van der Waals surface area contributed by atoms with Gasteiger partial charge in [0, 0.05) is 183 Å². The maximum atomic E-state index is 14.3. The average molecular weight is 2090 g/mol. The number of hydrogen-bond donors (Lipinski definition) is 1. The Hall–Kier alpha value is -13.0. The first-order chi connectivity index (χ1) is 60.5. The van der Waals surface area contributed by atoms with Crippen LogP contribution in [0.3, 0.4) is 0 Å². The predicted molar refractivity (Wildman–Crippen MR) is 480 cm³/mol. The summed E-state index contributed by atoms with van der Waals surface area (Å²) in [6.07, 6.45) is 14.9. The molecule has 1 amide bonds. The number of halogens is 14. The molecule has 3 aliphatic rings. The molecule has 0 spiro atoms. The third-order valence-electron chi connectivity index (χ3n) is 18.0. The first-order valence-corrected chi connectivity index (χ1v) is 40.8. The Morgan fingerprint density at radius 1 is 0.585 bits per heavy atom. The van der Waals surface area contributed by atoms with Crippen molar-refractivity contribution in [2.45, 2.75) is 82.3 Å². The van der Waals surface area contributed by atoms with Crippen LogP contribution in [0.1, 0.15) is 91.4 Å². The Bertz CT molecular complexity index is 6100. The molecule has 0 atom stereocenters. The fourth-order valence-corrected chi connectivity index (χ4v) is 12.1. The van der Waals surface area contributed by atoms with Crippen molar-refractivity contribution in [2.24, 2.45) is 26.1 Å². The van der Waals surface area contributed by atoms with Crippen LogP contribution in [0, 0.1) is 118 Å². The van der Waals surface area contributed by atoms with Gasteiger partial charge in [0.05, 0.1) is 41.4 Å². The van der Waals surface area contributed by atoms with Crippen LogP contribution >= 0.6 is 22.6 Å². The molecule has 13 aromatic rings. The van der Waals surface area contributed by atoms with Crippen LogP contribution in [0.5, 0.6) is 0 Å². The fraction of sp³-hybridized carbons (Fsp3) is 0.226. The number of alkyl halides is 4. The van der Waals surface area contributed by atoms with Gasteiger partial charge in [0.25, 0.3) is 0 Å². The molecule has 130 heavy (non-hydrogen) atoms. The molecular weight excluding hydrogens is 2000 g/mol. The molecule has 1 radical (unpaired) electrons. The summed E-state index contributed by atoms with van der Waals surface area (Å²) in [7, 11) is 12.3. The molecule has 0 saturated carbocycles. The van der Waals surface area contributed by atoms with Gasteiger partial charge in [-0.3, -0.25) is 38.2 Å². The molecule has 1 N–H and O–H groups in total. The predicted octanol–water partition coefficient (Wildman–Crippen LogP) is 21.2. The number of nitrogens with zero attached hydrogens (tertiary/aromatic N) is 17. The fourth-order valence-electron chi connectivity index (χ4n) is 12.1. The molecule has 0 fully saturated rings. The van der Waals surface area contributed by atoms with E-state index in [1.54, 1.807) is 160 Å². The number of esters is 1. The molecule has 0 bridgehead atoms. The Morgan fingerprint density at radius 2 is 1.07 bits per heavy atom. The van der Waals surface area contributed by atoms with Gasteiger partial charge in [-0.1, -0.05) is 82.7 Å². The number of amides is 1. The third kappa shape index (κ3) is 29.5. The zero-order valence-corrected chi connectivity index (χ0v) is 77.4. The molecule has 37 heteroatoms. The van der Waals surface area contributed by atoms with Crippen molar-refractivity contribution in [1.82, 2.24) is 73.3 Å². The molecule has 0 aliphatic carbocycles. The summed E-state index contributed by atoms with van der Waals surface area (Å²) >= 11 is 2.15. The average Bonchev–Trinajstić information content (AvgIpc) is 1.60. The number of aromatic amines is 1. The van der Waals surface area contributed by atoms with Gasteiger partial charge in [-0.25, -0.2) is 50.1 Å². The van der Waals surface area contributed by atoms with Crippen molar-refractivity contribution in [1.29, 1.82) is 0 Å². The van der Waals surface area contributed by atoms with E-state index in [4.69, 9.17) is 0 Å². The molecule has 7 aromatic carbocycles. The zero-order chi connectivity index (χ0) is 94.3. The second-order valence-corrected chi connectivity index (χ2v) is 28.6. The molecule has 3 aliphatic heterocycles. The van der Waals surface area contributed by atoms with Crippen molar-refractivity contribution in [3.63, 3.8) is 0 Å². The number of imidazole rings is 4. The third-order valence-corrected chi connectivity index (χ3v) is 18.0. The number of anilines is 2. The number of aliphatic imine (C=N–C) groups is 1. The van der Waals surface area contributed by atoms with Crippen LogP contribution in [0.15, 0.2) is 188 Å². The number of allylic oxidation sites excluding steroid dienone is 1. The second-order valence-electron chi connectivity index (χ2n) is 28.6. The molecule has 16 rings (SSSR count). The van der Waals surface area contributed by atoms with E-state index in [1.807, 2.05) is 56.2 Å². The summed E-state index contributed by atoms with van der Waals surface area (Å²) in [5.74, 6) is -5.19. The summed E-state index contributed by atoms with van der Waals surface area (Å²) in [5, 5.41) is 15.2. The quantitative estimate of drug-likeness (QED) is 0.0301. The van der Waals surface area contributed by atoms with Crippen LogP contribution in [0.2, 0.25) is 0 Å². The number of ether oxygens (including phenoxy) is 1. The first-order valence-electron chi connectivity index (χ1n) is 38.6. The molecule has 9 heterocycles. The van der Waals surface area contributed by atoms with Gasteiger partial charge in [-0.15, -0.1) is 41.7 Å². The number of carbonyl (C=O) groups excluding carboxylic acids is 3. The van der Waals surface area contributed by atoms with E-state index < -0.39 is 69.9 Å². The van der Waals surface area contributed by atoms with Crippen LogP contribution in [0.4, 0.5) is 68.5 Å². The van der Waals surface area contributed by atoms with Crippen molar-refractivity contribution >= 4 is 63.5 Å². The van der Waals surface area contributed by atoms with E-state index in [9.17, 15) is 71.5 Å².